The summed E-state index contributed by atoms with van der Waals surface area (Å²) in [5.74, 6) is -0.835. The zero-order chi connectivity index (χ0) is 25.1. The molecule has 0 aliphatic rings. The van der Waals surface area contributed by atoms with Gasteiger partial charge in [0.2, 0.25) is 15.9 Å². The Morgan fingerprint density at radius 1 is 0.971 bits per heavy atom. The van der Waals surface area contributed by atoms with Crippen molar-refractivity contribution < 1.29 is 26.4 Å². The molecule has 0 atom stereocenters. The van der Waals surface area contributed by atoms with Gasteiger partial charge in [-0.05, 0) is 48.9 Å². The van der Waals surface area contributed by atoms with Crippen LogP contribution in [0.4, 0.5) is 18.9 Å². The fourth-order valence-corrected chi connectivity index (χ4v) is 4.88. The van der Waals surface area contributed by atoms with Crippen molar-refractivity contribution >= 4 is 44.8 Å². The second-order valence-electron chi connectivity index (χ2n) is 7.42. The largest absolute Gasteiger partial charge is 0.417 e. The summed E-state index contributed by atoms with van der Waals surface area (Å²) in [5.41, 5.74) is 0.00961. The van der Waals surface area contributed by atoms with Crippen LogP contribution in [-0.2, 0) is 27.5 Å². The molecular weight excluding hydrogens is 512 g/mol. The number of aryl methyl sites for hydroxylation is 1. The van der Waals surface area contributed by atoms with E-state index < -0.39 is 39.2 Å². The number of hydrogen-bond donors (Lipinski definition) is 1. The number of anilines is 1. The van der Waals surface area contributed by atoms with Crippen LogP contribution in [0.1, 0.15) is 16.7 Å². The summed E-state index contributed by atoms with van der Waals surface area (Å²) >= 11 is 11.8. The molecule has 0 unspecified atom stereocenters. The zero-order valence-electron chi connectivity index (χ0n) is 17.7. The van der Waals surface area contributed by atoms with E-state index in [0.717, 1.165) is 15.9 Å². The Kier molecular flexibility index (Phi) is 7.92. The Morgan fingerprint density at radius 3 is 2.24 bits per heavy atom. The Hall–Kier alpha value is -2.59. The number of carbonyl (C=O) groups is 1. The third kappa shape index (κ3) is 6.29. The number of benzene rings is 3. The highest BCUT2D eigenvalue weighted by Crippen LogP contribution is 2.36. The topological polar surface area (TPSA) is 66.5 Å². The second kappa shape index (κ2) is 10.4. The minimum absolute atomic E-state index is 0.0381. The summed E-state index contributed by atoms with van der Waals surface area (Å²) in [4.78, 5) is 12.7. The fraction of sp³-hybridized carbons (Fsp3) is 0.174. The molecule has 1 amide bonds. The number of halogens is 5. The molecule has 180 valence electrons. The van der Waals surface area contributed by atoms with E-state index in [4.69, 9.17) is 23.2 Å². The molecule has 0 radical (unpaired) electrons. The lowest BCUT2D eigenvalue weighted by molar-refractivity contribution is -0.137. The predicted molar refractivity (Wildman–Crippen MR) is 125 cm³/mol. The first kappa shape index (κ1) is 26.0. The van der Waals surface area contributed by atoms with Crippen LogP contribution in [0.5, 0.6) is 0 Å². The van der Waals surface area contributed by atoms with Crippen molar-refractivity contribution in [1.82, 2.24) is 4.31 Å². The van der Waals surface area contributed by atoms with Crippen LogP contribution in [0, 0.1) is 6.92 Å². The zero-order valence-corrected chi connectivity index (χ0v) is 20.1. The molecule has 1 N–H and O–H groups in total. The van der Waals surface area contributed by atoms with E-state index in [0.29, 0.717) is 16.7 Å². The second-order valence-corrected chi connectivity index (χ2v) is 10.2. The summed E-state index contributed by atoms with van der Waals surface area (Å²) in [6, 6.07) is 15.5. The summed E-state index contributed by atoms with van der Waals surface area (Å²) in [6.07, 6.45) is -4.72. The monoisotopic (exact) mass is 530 g/mol. The van der Waals surface area contributed by atoms with Crippen molar-refractivity contribution in [2.75, 3.05) is 11.9 Å². The van der Waals surface area contributed by atoms with Crippen molar-refractivity contribution in [1.29, 1.82) is 0 Å². The molecule has 0 saturated heterocycles. The third-order valence-corrected chi connectivity index (χ3v) is 7.34. The lowest BCUT2D eigenvalue weighted by Gasteiger charge is -2.23. The first-order valence-corrected chi connectivity index (χ1v) is 12.0. The molecule has 0 spiro atoms. The Bertz CT molecular complexity index is 1300. The molecule has 34 heavy (non-hydrogen) atoms. The maximum atomic E-state index is 13.3. The van der Waals surface area contributed by atoms with Crippen LogP contribution in [0.3, 0.4) is 0 Å². The lowest BCUT2D eigenvalue weighted by Crippen LogP contribution is -2.37. The maximum Gasteiger partial charge on any atom is 0.417 e. The van der Waals surface area contributed by atoms with Crippen molar-refractivity contribution in [3.8, 4) is 0 Å². The van der Waals surface area contributed by atoms with Gasteiger partial charge in [0.1, 0.15) is 0 Å². The van der Waals surface area contributed by atoms with Crippen LogP contribution in [0.15, 0.2) is 71.6 Å². The highest BCUT2D eigenvalue weighted by molar-refractivity contribution is 7.89. The van der Waals surface area contributed by atoms with Gasteiger partial charge in [0, 0.05) is 17.3 Å². The molecule has 3 aromatic rings. The van der Waals surface area contributed by atoms with Crippen LogP contribution < -0.4 is 5.32 Å². The number of sulfonamides is 1. The minimum atomic E-state index is -4.72. The van der Waals surface area contributed by atoms with Crippen LogP contribution in [-0.4, -0.2) is 25.2 Å². The van der Waals surface area contributed by atoms with E-state index in [1.165, 1.54) is 18.2 Å². The van der Waals surface area contributed by atoms with Gasteiger partial charge in [0.25, 0.3) is 0 Å². The Labute approximate surface area is 205 Å². The normalized spacial score (nSPS) is 12.1. The smallest absolute Gasteiger partial charge is 0.325 e. The van der Waals surface area contributed by atoms with Gasteiger partial charge in [-0.2, -0.15) is 17.5 Å². The molecule has 0 heterocycles. The van der Waals surface area contributed by atoms with Gasteiger partial charge in [-0.15, -0.1) is 0 Å². The van der Waals surface area contributed by atoms with Crippen molar-refractivity contribution in [3.05, 3.63) is 93.5 Å². The summed E-state index contributed by atoms with van der Waals surface area (Å²) in [7, 11) is -4.15. The predicted octanol–water partition coefficient (Wildman–Crippen LogP) is 6.15. The molecule has 0 saturated carbocycles. The van der Waals surface area contributed by atoms with Crippen molar-refractivity contribution in [3.63, 3.8) is 0 Å². The minimum Gasteiger partial charge on any atom is -0.325 e. The molecule has 0 bridgehead atoms. The fourth-order valence-electron chi connectivity index (χ4n) is 3.08. The average Bonchev–Trinajstić information content (AvgIpc) is 2.75. The summed E-state index contributed by atoms with van der Waals surface area (Å²) in [6.45, 7) is 0.913. The average molecular weight is 531 g/mol. The number of rotatable bonds is 7. The maximum absolute atomic E-state index is 13.3. The molecule has 5 nitrogen and oxygen atoms in total. The first-order chi connectivity index (χ1) is 15.9. The van der Waals surface area contributed by atoms with Crippen molar-refractivity contribution in [2.24, 2.45) is 0 Å². The molecule has 11 heteroatoms. The van der Waals surface area contributed by atoms with Gasteiger partial charge >= 0.3 is 6.18 Å². The van der Waals surface area contributed by atoms with E-state index >= 15 is 0 Å². The van der Waals surface area contributed by atoms with Gasteiger partial charge in [0.15, 0.2) is 0 Å². The van der Waals surface area contributed by atoms with Crippen LogP contribution >= 0.6 is 23.2 Å². The van der Waals surface area contributed by atoms with E-state index in [1.54, 1.807) is 43.3 Å². The molecule has 0 aliphatic carbocycles. The molecule has 0 aromatic heterocycles. The number of hydrogen-bond acceptors (Lipinski definition) is 3. The van der Waals surface area contributed by atoms with E-state index in [2.05, 4.69) is 5.32 Å². The van der Waals surface area contributed by atoms with Crippen LogP contribution in [0.2, 0.25) is 10.0 Å². The molecular formula is C23H19Cl2F3N2O3S. The van der Waals surface area contributed by atoms with Gasteiger partial charge in [-0.1, -0.05) is 59.1 Å². The highest BCUT2D eigenvalue weighted by atomic mass is 35.5. The van der Waals surface area contributed by atoms with E-state index in [-0.39, 0.29) is 17.1 Å². The number of carbonyl (C=O) groups excluding carboxylic acids is 1. The SMILES string of the molecule is Cc1ccc(S(=O)(=O)N(CC(=O)Nc2ccc(Cl)c(C(F)(F)F)c2)Cc2ccccc2Cl)cc1. The third-order valence-electron chi connectivity index (χ3n) is 4.84. The van der Waals surface area contributed by atoms with Gasteiger partial charge in [-0.25, -0.2) is 8.42 Å². The Balaban J connectivity index is 1.90. The first-order valence-electron chi connectivity index (χ1n) is 9.85. The Morgan fingerprint density at radius 2 is 1.62 bits per heavy atom. The number of alkyl halides is 3. The number of amides is 1. The number of nitrogens with zero attached hydrogens (tertiary/aromatic N) is 1. The van der Waals surface area contributed by atoms with Crippen molar-refractivity contribution in [2.45, 2.75) is 24.5 Å². The number of nitrogens with one attached hydrogen (secondary N) is 1. The molecule has 3 rings (SSSR count). The van der Waals surface area contributed by atoms with Gasteiger partial charge in [-0.3, -0.25) is 4.79 Å². The highest BCUT2D eigenvalue weighted by Gasteiger charge is 2.34. The molecule has 3 aromatic carbocycles. The van der Waals surface area contributed by atoms with Gasteiger partial charge < -0.3 is 5.32 Å². The quantitative estimate of drug-likeness (QED) is 0.398. The molecule has 0 fully saturated rings. The molecule has 0 aliphatic heterocycles. The summed E-state index contributed by atoms with van der Waals surface area (Å²) < 4.78 is 66.9. The van der Waals surface area contributed by atoms with E-state index in [1.807, 2.05) is 0 Å². The van der Waals surface area contributed by atoms with Crippen LogP contribution in [0.25, 0.3) is 0 Å². The van der Waals surface area contributed by atoms with E-state index in [9.17, 15) is 26.4 Å². The van der Waals surface area contributed by atoms with Gasteiger partial charge in [0.05, 0.1) is 22.0 Å². The lowest BCUT2D eigenvalue weighted by atomic mass is 10.2. The standard InChI is InChI=1S/C23H19Cl2F3N2O3S/c1-15-6-9-18(10-7-15)34(32,33)30(13-16-4-2-3-5-20(16)24)14-22(31)29-17-8-11-21(25)19(12-17)23(26,27)28/h2-12H,13-14H2,1H3,(H,29,31). The summed E-state index contributed by atoms with van der Waals surface area (Å²) in [5, 5.41) is 2.09.